The zero-order valence-corrected chi connectivity index (χ0v) is 12.8. The number of amides is 2. The molecule has 6 heteroatoms. The van der Waals surface area contributed by atoms with Crippen LogP contribution >= 0.6 is 11.3 Å². The number of thiophene rings is 1. The van der Waals surface area contributed by atoms with E-state index < -0.39 is 0 Å². The molecule has 0 bridgehead atoms. The SMILES string of the molecule is O=C(CCCNC(=O)c1cccs1)NCc1ccc(F)cc1. The summed E-state index contributed by atoms with van der Waals surface area (Å²) in [5, 5.41) is 7.38. The maximum absolute atomic E-state index is 12.7. The second-order valence-electron chi connectivity index (χ2n) is 4.74. The topological polar surface area (TPSA) is 58.2 Å². The van der Waals surface area contributed by atoms with Crippen molar-refractivity contribution in [1.29, 1.82) is 0 Å². The fourth-order valence-electron chi connectivity index (χ4n) is 1.84. The molecule has 0 aliphatic carbocycles. The Kier molecular flexibility index (Phi) is 6.09. The van der Waals surface area contributed by atoms with E-state index in [1.807, 2.05) is 11.4 Å². The first-order valence-corrected chi connectivity index (χ1v) is 7.86. The predicted molar refractivity (Wildman–Crippen MR) is 84.1 cm³/mol. The Balaban J connectivity index is 1.59. The number of carbonyl (C=O) groups excluding carboxylic acids is 2. The zero-order chi connectivity index (χ0) is 15.8. The van der Waals surface area contributed by atoms with Crippen LogP contribution in [-0.2, 0) is 11.3 Å². The molecule has 0 fully saturated rings. The van der Waals surface area contributed by atoms with E-state index in [2.05, 4.69) is 10.6 Å². The average Bonchev–Trinajstić information content (AvgIpc) is 3.05. The number of halogens is 1. The maximum atomic E-state index is 12.7. The van der Waals surface area contributed by atoms with Crippen molar-refractivity contribution in [3.63, 3.8) is 0 Å². The van der Waals surface area contributed by atoms with Gasteiger partial charge in [-0.1, -0.05) is 18.2 Å². The Morgan fingerprint density at radius 1 is 1.09 bits per heavy atom. The highest BCUT2D eigenvalue weighted by molar-refractivity contribution is 7.12. The van der Waals surface area contributed by atoms with Crippen LogP contribution in [0, 0.1) is 5.82 Å². The third-order valence-electron chi connectivity index (χ3n) is 3.01. The average molecular weight is 320 g/mol. The Bertz CT molecular complexity index is 612. The number of hydrogen-bond acceptors (Lipinski definition) is 3. The van der Waals surface area contributed by atoms with E-state index in [0.29, 0.717) is 30.8 Å². The molecule has 116 valence electrons. The standard InChI is InChI=1S/C16H17FN2O2S/c17-13-7-5-12(6-8-13)11-19-15(20)4-1-9-18-16(21)14-3-2-10-22-14/h2-3,5-8,10H,1,4,9,11H2,(H,18,21)(H,19,20). The highest BCUT2D eigenvalue weighted by atomic mass is 32.1. The van der Waals surface area contributed by atoms with E-state index >= 15 is 0 Å². The molecule has 0 atom stereocenters. The van der Waals surface area contributed by atoms with Crippen molar-refractivity contribution in [2.24, 2.45) is 0 Å². The van der Waals surface area contributed by atoms with Gasteiger partial charge in [-0.25, -0.2) is 4.39 Å². The summed E-state index contributed by atoms with van der Waals surface area (Å²) in [6.45, 7) is 0.835. The summed E-state index contributed by atoms with van der Waals surface area (Å²) in [7, 11) is 0. The van der Waals surface area contributed by atoms with Gasteiger partial charge in [-0.05, 0) is 35.6 Å². The molecule has 0 saturated carbocycles. The monoisotopic (exact) mass is 320 g/mol. The van der Waals surface area contributed by atoms with E-state index in [0.717, 1.165) is 5.56 Å². The smallest absolute Gasteiger partial charge is 0.261 e. The van der Waals surface area contributed by atoms with Crippen molar-refractivity contribution < 1.29 is 14.0 Å². The maximum Gasteiger partial charge on any atom is 0.261 e. The van der Waals surface area contributed by atoms with Gasteiger partial charge in [0.05, 0.1) is 4.88 Å². The minimum absolute atomic E-state index is 0.0882. The molecule has 0 radical (unpaired) electrons. The number of carbonyl (C=O) groups is 2. The number of rotatable bonds is 7. The fraction of sp³-hybridized carbons (Fsp3) is 0.250. The lowest BCUT2D eigenvalue weighted by molar-refractivity contribution is -0.121. The van der Waals surface area contributed by atoms with E-state index in [9.17, 15) is 14.0 Å². The van der Waals surface area contributed by atoms with Gasteiger partial charge in [-0.2, -0.15) is 0 Å². The second kappa shape index (κ2) is 8.29. The van der Waals surface area contributed by atoms with Crippen LogP contribution in [0.3, 0.4) is 0 Å². The van der Waals surface area contributed by atoms with Crippen LogP contribution in [0.5, 0.6) is 0 Å². The molecule has 1 aromatic carbocycles. The summed E-state index contributed by atoms with van der Waals surface area (Å²) in [6, 6.07) is 9.58. The predicted octanol–water partition coefficient (Wildman–Crippen LogP) is 2.71. The van der Waals surface area contributed by atoms with Gasteiger partial charge in [0.2, 0.25) is 5.91 Å². The van der Waals surface area contributed by atoms with E-state index in [1.165, 1.54) is 23.5 Å². The number of benzene rings is 1. The fourth-order valence-corrected chi connectivity index (χ4v) is 2.48. The van der Waals surface area contributed by atoms with Crippen molar-refractivity contribution in [3.05, 3.63) is 58.0 Å². The molecule has 2 N–H and O–H groups in total. The molecule has 22 heavy (non-hydrogen) atoms. The van der Waals surface area contributed by atoms with Gasteiger partial charge in [0.1, 0.15) is 5.82 Å². The van der Waals surface area contributed by atoms with Gasteiger partial charge in [-0.15, -0.1) is 11.3 Å². The first-order valence-electron chi connectivity index (χ1n) is 6.98. The lowest BCUT2D eigenvalue weighted by Gasteiger charge is -2.06. The molecule has 0 saturated heterocycles. The molecule has 4 nitrogen and oxygen atoms in total. The van der Waals surface area contributed by atoms with E-state index in [1.54, 1.807) is 18.2 Å². The van der Waals surface area contributed by atoms with Gasteiger partial charge in [-0.3, -0.25) is 9.59 Å². The summed E-state index contributed by atoms with van der Waals surface area (Å²) in [4.78, 5) is 24.0. The Morgan fingerprint density at radius 3 is 2.55 bits per heavy atom. The van der Waals surface area contributed by atoms with Crippen molar-refractivity contribution in [2.45, 2.75) is 19.4 Å². The molecule has 0 spiro atoms. The quantitative estimate of drug-likeness (QED) is 0.771. The summed E-state index contributed by atoms with van der Waals surface area (Å²) >= 11 is 1.38. The van der Waals surface area contributed by atoms with Crippen molar-refractivity contribution >= 4 is 23.2 Å². The van der Waals surface area contributed by atoms with Crippen LogP contribution in [0.25, 0.3) is 0 Å². The van der Waals surface area contributed by atoms with Crippen LogP contribution in [-0.4, -0.2) is 18.4 Å². The van der Waals surface area contributed by atoms with Crippen LogP contribution in [0.2, 0.25) is 0 Å². The van der Waals surface area contributed by atoms with Gasteiger partial charge in [0.15, 0.2) is 0 Å². The van der Waals surface area contributed by atoms with E-state index in [-0.39, 0.29) is 17.6 Å². The van der Waals surface area contributed by atoms with Gasteiger partial charge in [0, 0.05) is 19.5 Å². The van der Waals surface area contributed by atoms with Crippen LogP contribution in [0.4, 0.5) is 4.39 Å². The van der Waals surface area contributed by atoms with Gasteiger partial charge < -0.3 is 10.6 Å². The van der Waals surface area contributed by atoms with Crippen LogP contribution in [0.1, 0.15) is 28.1 Å². The minimum atomic E-state index is -0.295. The van der Waals surface area contributed by atoms with Crippen molar-refractivity contribution in [1.82, 2.24) is 10.6 Å². The highest BCUT2D eigenvalue weighted by Gasteiger charge is 2.06. The summed E-state index contributed by atoms with van der Waals surface area (Å²) in [6.07, 6.45) is 0.915. The Hall–Kier alpha value is -2.21. The zero-order valence-electron chi connectivity index (χ0n) is 12.0. The highest BCUT2D eigenvalue weighted by Crippen LogP contribution is 2.07. The molecule has 2 aromatic rings. The second-order valence-corrected chi connectivity index (χ2v) is 5.69. The molecular formula is C16H17FN2O2S. The largest absolute Gasteiger partial charge is 0.352 e. The first-order chi connectivity index (χ1) is 10.6. The molecule has 1 aromatic heterocycles. The summed E-state index contributed by atoms with van der Waals surface area (Å²) in [5.41, 5.74) is 0.848. The third kappa shape index (κ3) is 5.29. The molecule has 0 aliphatic rings. The first kappa shape index (κ1) is 16.2. The van der Waals surface area contributed by atoms with Gasteiger partial charge >= 0.3 is 0 Å². The Labute approximate surface area is 132 Å². The molecule has 0 unspecified atom stereocenters. The third-order valence-corrected chi connectivity index (χ3v) is 3.88. The number of nitrogens with one attached hydrogen (secondary N) is 2. The van der Waals surface area contributed by atoms with Crippen molar-refractivity contribution in [3.8, 4) is 0 Å². The number of hydrogen-bond donors (Lipinski definition) is 2. The molecule has 0 aliphatic heterocycles. The molecule has 1 heterocycles. The molecule has 2 amide bonds. The summed E-state index contributed by atoms with van der Waals surface area (Å²) in [5.74, 6) is -0.493. The Morgan fingerprint density at radius 2 is 1.86 bits per heavy atom. The normalized spacial score (nSPS) is 10.2. The lowest BCUT2D eigenvalue weighted by atomic mass is 10.2. The van der Waals surface area contributed by atoms with Gasteiger partial charge in [0.25, 0.3) is 5.91 Å². The molecular weight excluding hydrogens is 303 g/mol. The summed E-state index contributed by atoms with van der Waals surface area (Å²) < 4.78 is 12.7. The van der Waals surface area contributed by atoms with E-state index in [4.69, 9.17) is 0 Å². The van der Waals surface area contributed by atoms with Crippen LogP contribution < -0.4 is 10.6 Å². The lowest BCUT2D eigenvalue weighted by Crippen LogP contribution is -2.26. The minimum Gasteiger partial charge on any atom is -0.352 e. The van der Waals surface area contributed by atoms with Crippen LogP contribution in [0.15, 0.2) is 41.8 Å². The molecule has 2 rings (SSSR count). The van der Waals surface area contributed by atoms with Crippen molar-refractivity contribution in [2.75, 3.05) is 6.54 Å².